The molecule has 0 amide bonds. The summed E-state index contributed by atoms with van der Waals surface area (Å²) in [5.74, 6) is 0.469. The van der Waals surface area contributed by atoms with Crippen LogP contribution in [0.5, 0.6) is 0 Å². The Bertz CT molecular complexity index is 776. The summed E-state index contributed by atoms with van der Waals surface area (Å²) in [6.45, 7) is 2.41. The highest BCUT2D eigenvalue weighted by Gasteiger charge is 2.43. The molecule has 0 bridgehead atoms. The number of sulfonamides is 1. The Morgan fingerprint density at radius 2 is 2.17 bits per heavy atom. The van der Waals surface area contributed by atoms with E-state index in [4.69, 9.17) is 9.15 Å². The Labute approximate surface area is 134 Å². The van der Waals surface area contributed by atoms with Gasteiger partial charge in [-0.05, 0) is 37.5 Å². The molecule has 4 heterocycles. The minimum atomic E-state index is -3.62. The Kier molecular flexibility index (Phi) is 3.55. The standard InChI is InChI=1S/C15H19N3O4S/c19-23(20,14-3-2-13(22-14)12-4-7-16-17-12)18-8-1-5-15(10-18)6-9-21-11-15/h2-4,7H,1,5-6,8-11H2,(H,16,17)/t15-/m0/s1. The lowest BCUT2D eigenvalue weighted by atomic mass is 9.80. The molecule has 2 aliphatic rings. The molecule has 2 saturated heterocycles. The molecule has 0 saturated carbocycles. The predicted octanol–water partition coefficient (Wildman–Crippen LogP) is 1.86. The molecule has 2 aliphatic heterocycles. The monoisotopic (exact) mass is 337 g/mol. The normalized spacial score (nSPS) is 26.1. The molecular formula is C15H19N3O4S. The fourth-order valence-electron chi connectivity index (χ4n) is 3.46. The van der Waals surface area contributed by atoms with Gasteiger partial charge < -0.3 is 9.15 Å². The van der Waals surface area contributed by atoms with E-state index >= 15 is 0 Å². The fourth-order valence-corrected chi connectivity index (χ4v) is 4.97. The summed E-state index contributed by atoms with van der Waals surface area (Å²) in [5.41, 5.74) is 0.634. The second-order valence-corrected chi connectivity index (χ2v) is 8.20. The quantitative estimate of drug-likeness (QED) is 0.923. The van der Waals surface area contributed by atoms with Gasteiger partial charge in [0, 0.05) is 31.3 Å². The number of hydrogen-bond donors (Lipinski definition) is 1. The number of furan rings is 1. The molecule has 124 valence electrons. The summed E-state index contributed by atoms with van der Waals surface area (Å²) in [7, 11) is -3.62. The topological polar surface area (TPSA) is 88.4 Å². The lowest BCUT2D eigenvalue weighted by molar-refractivity contribution is 0.104. The third-order valence-electron chi connectivity index (χ3n) is 4.75. The van der Waals surface area contributed by atoms with Gasteiger partial charge in [0.25, 0.3) is 10.0 Å². The average molecular weight is 337 g/mol. The molecule has 7 nitrogen and oxygen atoms in total. The summed E-state index contributed by atoms with van der Waals surface area (Å²) in [6.07, 6.45) is 4.41. The van der Waals surface area contributed by atoms with Crippen LogP contribution in [0.1, 0.15) is 19.3 Å². The van der Waals surface area contributed by atoms with Crippen LogP contribution in [0, 0.1) is 5.41 Å². The third kappa shape index (κ3) is 2.60. The smallest absolute Gasteiger partial charge is 0.276 e. The number of nitrogens with zero attached hydrogens (tertiary/aromatic N) is 2. The third-order valence-corrected chi connectivity index (χ3v) is 6.47. The van der Waals surface area contributed by atoms with Crippen LogP contribution in [0.15, 0.2) is 33.9 Å². The first kappa shape index (κ1) is 14.9. The van der Waals surface area contributed by atoms with Gasteiger partial charge in [0.1, 0.15) is 5.69 Å². The molecule has 4 rings (SSSR count). The molecule has 1 N–H and O–H groups in total. The van der Waals surface area contributed by atoms with Gasteiger partial charge in [-0.15, -0.1) is 0 Å². The van der Waals surface area contributed by atoms with Crippen molar-refractivity contribution in [1.82, 2.24) is 14.5 Å². The second-order valence-electron chi connectivity index (χ2n) is 6.33. The Morgan fingerprint density at radius 3 is 2.91 bits per heavy atom. The van der Waals surface area contributed by atoms with Crippen molar-refractivity contribution in [3.8, 4) is 11.5 Å². The summed E-state index contributed by atoms with van der Waals surface area (Å²) < 4.78 is 38.4. The highest BCUT2D eigenvalue weighted by molar-refractivity contribution is 7.89. The fraction of sp³-hybridized carbons (Fsp3) is 0.533. The van der Waals surface area contributed by atoms with Crippen LogP contribution in [0.4, 0.5) is 0 Å². The average Bonchev–Trinajstić information content (AvgIpc) is 3.28. The van der Waals surface area contributed by atoms with E-state index in [0.717, 1.165) is 25.9 Å². The van der Waals surface area contributed by atoms with Crippen LogP contribution in [0.2, 0.25) is 0 Å². The largest absolute Gasteiger partial charge is 0.442 e. The molecule has 1 atom stereocenters. The lowest BCUT2D eigenvalue weighted by Gasteiger charge is -2.38. The van der Waals surface area contributed by atoms with Crippen molar-refractivity contribution >= 4 is 10.0 Å². The molecule has 2 fully saturated rings. The first-order chi connectivity index (χ1) is 11.1. The van der Waals surface area contributed by atoms with Crippen molar-refractivity contribution < 1.29 is 17.6 Å². The molecule has 23 heavy (non-hydrogen) atoms. The number of aromatic nitrogens is 2. The summed E-state index contributed by atoms with van der Waals surface area (Å²) in [4.78, 5) is 0. The van der Waals surface area contributed by atoms with E-state index < -0.39 is 10.0 Å². The molecule has 0 unspecified atom stereocenters. The number of ether oxygens (including phenoxy) is 1. The number of rotatable bonds is 3. The minimum Gasteiger partial charge on any atom is -0.442 e. The zero-order chi connectivity index (χ0) is 15.9. The van der Waals surface area contributed by atoms with Crippen molar-refractivity contribution in [3.63, 3.8) is 0 Å². The van der Waals surface area contributed by atoms with E-state index in [0.29, 0.717) is 31.2 Å². The highest BCUT2D eigenvalue weighted by atomic mass is 32.2. The summed E-state index contributed by atoms with van der Waals surface area (Å²) in [6, 6.07) is 4.90. The summed E-state index contributed by atoms with van der Waals surface area (Å²) >= 11 is 0. The van der Waals surface area contributed by atoms with E-state index in [-0.39, 0.29) is 10.5 Å². The van der Waals surface area contributed by atoms with Gasteiger partial charge in [-0.1, -0.05) is 0 Å². The molecule has 8 heteroatoms. The van der Waals surface area contributed by atoms with Crippen LogP contribution in [0.3, 0.4) is 0 Å². The predicted molar refractivity (Wildman–Crippen MR) is 82.2 cm³/mol. The van der Waals surface area contributed by atoms with Crippen LogP contribution < -0.4 is 0 Å². The minimum absolute atomic E-state index is 0.0157. The summed E-state index contributed by atoms with van der Waals surface area (Å²) in [5, 5.41) is 6.60. The zero-order valence-electron chi connectivity index (χ0n) is 12.7. The van der Waals surface area contributed by atoms with Crippen LogP contribution >= 0.6 is 0 Å². The van der Waals surface area contributed by atoms with Crippen molar-refractivity contribution in [2.75, 3.05) is 26.3 Å². The molecule has 0 aliphatic carbocycles. The van der Waals surface area contributed by atoms with E-state index in [1.165, 1.54) is 6.07 Å². The van der Waals surface area contributed by atoms with Crippen LogP contribution in [0.25, 0.3) is 11.5 Å². The maximum Gasteiger partial charge on any atom is 0.276 e. The van der Waals surface area contributed by atoms with Crippen molar-refractivity contribution in [2.24, 2.45) is 5.41 Å². The Morgan fingerprint density at radius 1 is 1.26 bits per heavy atom. The van der Waals surface area contributed by atoms with Gasteiger partial charge in [-0.25, -0.2) is 8.42 Å². The maximum atomic E-state index is 12.9. The molecule has 2 aromatic heterocycles. The Hall–Kier alpha value is -1.64. The van der Waals surface area contributed by atoms with Crippen LogP contribution in [-0.2, 0) is 14.8 Å². The lowest BCUT2D eigenvalue weighted by Crippen LogP contribution is -2.46. The van der Waals surface area contributed by atoms with Gasteiger partial charge in [0.05, 0.1) is 6.61 Å². The van der Waals surface area contributed by atoms with E-state index in [9.17, 15) is 8.42 Å². The van der Waals surface area contributed by atoms with Crippen molar-refractivity contribution in [2.45, 2.75) is 24.4 Å². The maximum absolute atomic E-state index is 12.9. The van der Waals surface area contributed by atoms with Gasteiger partial charge >= 0.3 is 0 Å². The van der Waals surface area contributed by atoms with E-state index in [1.54, 1.807) is 22.6 Å². The van der Waals surface area contributed by atoms with Gasteiger partial charge in [0.15, 0.2) is 5.76 Å². The molecule has 1 spiro atoms. The number of piperidine rings is 1. The number of aromatic amines is 1. The molecular weight excluding hydrogens is 318 g/mol. The number of nitrogens with one attached hydrogen (secondary N) is 1. The molecule has 2 aromatic rings. The Balaban J connectivity index is 1.60. The van der Waals surface area contributed by atoms with E-state index in [1.807, 2.05) is 0 Å². The van der Waals surface area contributed by atoms with Gasteiger partial charge in [-0.3, -0.25) is 5.10 Å². The van der Waals surface area contributed by atoms with Gasteiger partial charge in [0.2, 0.25) is 5.09 Å². The molecule has 0 aromatic carbocycles. The first-order valence-electron chi connectivity index (χ1n) is 7.77. The van der Waals surface area contributed by atoms with E-state index in [2.05, 4.69) is 10.2 Å². The van der Waals surface area contributed by atoms with Crippen LogP contribution in [-0.4, -0.2) is 49.2 Å². The zero-order valence-corrected chi connectivity index (χ0v) is 13.5. The highest BCUT2D eigenvalue weighted by Crippen LogP contribution is 2.39. The SMILES string of the molecule is O=S(=O)(c1ccc(-c2ccn[nH]2)o1)N1CCC[C@]2(CCOC2)C1. The number of H-pyrrole nitrogens is 1. The molecule has 0 radical (unpaired) electrons. The first-order valence-corrected chi connectivity index (χ1v) is 9.21. The number of hydrogen-bond acceptors (Lipinski definition) is 5. The van der Waals surface area contributed by atoms with Crippen molar-refractivity contribution in [1.29, 1.82) is 0 Å². The van der Waals surface area contributed by atoms with Crippen molar-refractivity contribution in [3.05, 3.63) is 24.4 Å². The second kappa shape index (κ2) is 5.47. The van der Waals surface area contributed by atoms with Gasteiger partial charge in [-0.2, -0.15) is 9.40 Å².